The van der Waals surface area contributed by atoms with Crippen molar-refractivity contribution in [3.63, 3.8) is 0 Å². The number of rotatable bonds is 7. The Morgan fingerprint density at radius 1 is 1.21 bits per heavy atom. The third kappa shape index (κ3) is 6.17. The van der Waals surface area contributed by atoms with Crippen LogP contribution in [0.4, 0.5) is 19.1 Å². The van der Waals surface area contributed by atoms with Gasteiger partial charge in [0.25, 0.3) is 0 Å². The summed E-state index contributed by atoms with van der Waals surface area (Å²) >= 11 is 0. The molecule has 1 amide bonds. The molecule has 3 fully saturated rings. The van der Waals surface area contributed by atoms with Crippen molar-refractivity contribution in [2.24, 2.45) is 5.92 Å². The molecule has 3 heterocycles. The summed E-state index contributed by atoms with van der Waals surface area (Å²) in [6, 6.07) is 1.39. The number of carbonyl (C=O) groups is 1. The molecule has 4 rings (SSSR count). The number of nitrogens with one attached hydrogen (secondary N) is 1. The number of alkyl halides is 3. The van der Waals surface area contributed by atoms with Gasteiger partial charge in [-0.3, -0.25) is 4.79 Å². The molecular formula is C23H34F3N5O3. The summed E-state index contributed by atoms with van der Waals surface area (Å²) in [7, 11) is 0. The number of amides is 1. The van der Waals surface area contributed by atoms with Crippen molar-refractivity contribution in [1.29, 1.82) is 0 Å². The molecule has 0 bridgehead atoms. The van der Waals surface area contributed by atoms with Gasteiger partial charge >= 0.3 is 6.18 Å². The zero-order valence-corrected chi connectivity index (χ0v) is 19.6. The Hall–Kier alpha value is -1.98. The Bertz CT molecular complexity index is 821. The van der Waals surface area contributed by atoms with E-state index in [1.807, 2.05) is 11.8 Å². The van der Waals surface area contributed by atoms with E-state index in [0.29, 0.717) is 44.9 Å². The molecular weight excluding hydrogens is 451 g/mol. The number of nitrogens with zero attached hydrogens (tertiary/aromatic N) is 4. The van der Waals surface area contributed by atoms with E-state index in [2.05, 4.69) is 15.3 Å². The van der Waals surface area contributed by atoms with Crippen molar-refractivity contribution < 1.29 is 27.4 Å². The van der Waals surface area contributed by atoms with E-state index in [1.165, 1.54) is 0 Å². The molecule has 2 saturated heterocycles. The largest absolute Gasteiger partial charge is 0.433 e. The first-order valence-electron chi connectivity index (χ1n) is 12.2. The normalized spacial score (nSPS) is 26.8. The number of anilines is 1. The van der Waals surface area contributed by atoms with Crippen molar-refractivity contribution in [2.75, 3.05) is 51.0 Å². The first-order valence-corrected chi connectivity index (χ1v) is 12.2. The maximum atomic E-state index is 13.5. The van der Waals surface area contributed by atoms with Gasteiger partial charge in [-0.25, -0.2) is 9.97 Å². The van der Waals surface area contributed by atoms with Crippen LogP contribution in [0.3, 0.4) is 0 Å². The maximum absolute atomic E-state index is 13.5. The Balaban J connectivity index is 1.38. The van der Waals surface area contributed by atoms with Crippen molar-refractivity contribution >= 4 is 11.9 Å². The quantitative estimate of drug-likeness (QED) is 0.636. The highest BCUT2D eigenvalue weighted by Gasteiger charge is 2.39. The summed E-state index contributed by atoms with van der Waals surface area (Å²) in [5.41, 5.74) is -0.966. The van der Waals surface area contributed by atoms with Gasteiger partial charge in [-0.05, 0) is 45.1 Å². The predicted molar refractivity (Wildman–Crippen MR) is 119 cm³/mol. The van der Waals surface area contributed by atoms with E-state index >= 15 is 0 Å². The molecule has 34 heavy (non-hydrogen) atoms. The molecule has 8 nitrogen and oxygen atoms in total. The third-order valence-corrected chi connectivity index (χ3v) is 6.97. The fourth-order valence-corrected chi connectivity index (χ4v) is 5.17. The van der Waals surface area contributed by atoms with Gasteiger partial charge in [0.15, 0.2) is 0 Å². The topological polar surface area (TPSA) is 79.8 Å². The van der Waals surface area contributed by atoms with E-state index in [1.54, 1.807) is 4.90 Å². The molecule has 3 atom stereocenters. The zero-order valence-electron chi connectivity index (χ0n) is 19.6. The van der Waals surface area contributed by atoms with E-state index in [-0.39, 0.29) is 23.8 Å². The minimum Gasteiger partial charge on any atom is -0.381 e. The second-order valence-corrected chi connectivity index (χ2v) is 9.29. The van der Waals surface area contributed by atoms with Gasteiger partial charge < -0.3 is 24.6 Å². The summed E-state index contributed by atoms with van der Waals surface area (Å²) in [6.45, 7) is 5.40. The van der Waals surface area contributed by atoms with Crippen LogP contribution in [0.2, 0.25) is 0 Å². The molecule has 0 unspecified atom stereocenters. The van der Waals surface area contributed by atoms with Crippen LogP contribution in [0.25, 0.3) is 0 Å². The molecule has 3 aliphatic rings. The van der Waals surface area contributed by atoms with Crippen LogP contribution in [0.1, 0.15) is 44.7 Å². The summed E-state index contributed by atoms with van der Waals surface area (Å²) in [4.78, 5) is 24.8. The molecule has 0 radical (unpaired) electrons. The predicted octanol–water partition coefficient (Wildman–Crippen LogP) is 2.49. The van der Waals surface area contributed by atoms with Gasteiger partial charge in [-0.15, -0.1) is 0 Å². The summed E-state index contributed by atoms with van der Waals surface area (Å²) in [5.74, 6) is 0.105. The van der Waals surface area contributed by atoms with E-state index in [9.17, 15) is 18.0 Å². The highest BCUT2D eigenvalue weighted by Crippen LogP contribution is 2.31. The standard InChI is InChI=1S/C23H34F3N5O3/c1-2-33-15-19-14-30(22-27-8-5-20(29-22)23(24,25)26)9-10-31(19)21(32)16-3-4-18(13-16)28-17-6-11-34-12-7-17/h5,8,16-19,28H,2-4,6-7,9-15H2,1H3/t16-,18+,19+/m0/s1. The van der Waals surface area contributed by atoms with Gasteiger partial charge in [0.2, 0.25) is 11.9 Å². The second kappa shape index (κ2) is 11.2. The number of piperazine rings is 1. The van der Waals surface area contributed by atoms with Gasteiger partial charge in [0.1, 0.15) is 5.69 Å². The number of carbonyl (C=O) groups excluding carboxylic acids is 1. The van der Waals surface area contributed by atoms with Crippen LogP contribution >= 0.6 is 0 Å². The number of hydrogen-bond donors (Lipinski definition) is 1. The van der Waals surface area contributed by atoms with Crippen molar-refractivity contribution in [3.05, 3.63) is 18.0 Å². The molecule has 1 aromatic heterocycles. The van der Waals surface area contributed by atoms with Crippen molar-refractivity contribution in [2.45, 2.75) is 63.3 Å². The fourth-order valence-electron chi connectivity index (χ4n) is 5.17. The van der Waals surface area contributed by atoms with Crippen LogP contribution in [0, 0.1) is 5.92 Å². The van der Waals surface area contributed by atoms with Crippen molar-refractivity contribution in [1.82, 2.24) is 20.2 Å². The molecule has 1 N–H and O–H groups in total. The third-order valence-electron chi connectivity index (χ3n) is 6.97. The lowest BCUT2D eigenvalue weighted by Crippen LogP contribution is -2.58. The number of aromatic nitrogens is 2. The SMILES string of the molecule is CCOC[C@H]1CN(c2nccc(C(F)(F)F)n2)CCN1C(=O)[C@H]1CC[C@@H](NC2CCOCC2)C1. The number of halogens is 3. The van der Waals surface area contributed by atoms with Gasteiger partial charge in [-0.1, -0.05) is 0 Å². The zero-order chi connectivity index (χ0) is 24.1. The monoisotopic (exact) mass is 485 g/mol. The molecule has 1 saturated carbocycles. The Labute approximate surface area is 198 Å². The minimum atomic E-state index is -4.53. The summed E-state index contributed by atoms with van der Waals surface area (Å²) in [6.07, 6.45) is 1.24. The van der Waals surface area contributed by atoms with E-state index in [0.717, 1.165) is 57.6 Å². The molecule has 2 aliphatic heterocycles. The average molecular weight is 486 g/mol. The second-order valence-electron chi connectivity index (χ2n) is 9.29. The Morgan fingerprint density at radius 2 is 2.00 bits per heavy atom. The minimum absolute atomic E-state index is 0.0324. The molecule has 1 aliphatic carbocycles. The first kappa shape index (κ1) is 25.1. The van der Waals surface area contributed by atoms with Crippen LogP contribution in [0.15, 0.2) is 12.3 Å². The van der Waals surface area contributed by atoms with Crippen LogP contribution in [0.5, 0.6) is 0 Å². The molecule has 190 valence electrons. The number of hydrogen-bond acceptors (Lipinski definition) is 7. The molecule has 0 aromatic carbocycles. The lowest BCUT2D eigenvalue weighted by Gasteiger charge is -2.42. The van der Waals surface area contributed by atoms with Crippen molar-refractivity contribution in [3.8, 4) is 0 Å². The van der Waals surface area contributed by atoms with Gasteiger partial charge in [-0.2, -0.15) is 13.2 Å². The highest BCUT2D eigenvalue weighted by atomic mass is 19.4. The van der Waals surface area contributed by atoms with E-state index < -0.39 is 11.9 Å². The van der Waals surface area contributed by atoms with Gasteiger partial charge in [0.05, 0.1) is 12.6 Å². The van der Waals surface area contributed by atoms with Gasteiger partial charge in [0, 0.05) is 63.7 Å². The number of ether oxygens (including phenoxy) is 2. The molecule has 11 heteroatoms. The average Bonchev–Trinajstić information content (AvgIpc) is 3.31. The smallest absolute Gasteiger partial charge is 0.381 e. The lowest BCUT2D eigenvalue weighted by atomic mass is 10.0. The Morgan fingerprint density at radius 3 is 2.74 bits per heavy atom. The molecule has 1 aromatic rings. The first-order chi connectivity index (χ1) is 16.3. The lowest BCUT2D eigenvalue weighted by molar-refractivity contribution is -0.141. The fraction of sp³-hybridized carbons (Fsp3) is 0.783. The summed E-state index contributed by atoms with van der Waals surface area (Å²) in [5, 5.41) is 3.70. The molecule has 0 spiro atoms. The summed E-state index contributed by atoms with van der Waals surface area (Å²) < 4.78 is 50.4. The van der Waals surface area contributed by atoms with Crippen LogP contribution in [-0.2, 0) is 20.4 Å². The van der Waals surface area contributed by atoms with Crippen LogP contribution in [-0.4, -0.2) is 85.0 Å². The highest BCUT2D eigenvalue weighted by molar-refractivity contribution is 5.80. The Kier molecular flexibility index (Phi) is 8.26. The maximum Gasteiger partial charge on any atom is 0.433 e. The van der Waals surface area contributed by atoms with Crippen LogP contribution < -0.4 is 10.2 Å². The van der Waals surface area contributed by atoms with E-state index in [4.69, 9.17) is 9.47 Å².